The zero-order valence-corrected chi connectivity index (χ0v) is 15.6. The highest BCUT2D eigenvalue weighted by atomic mass is 16.5. The van der Waals surface area contributed by atoms with E-state index in [4.69, 9.17) is 9.47 Å². The number of anilines is 1. The number of benzene rings is 2. The van der Waals surface area contributed by atoms with E-state index in [0.717, 1.165) is 17.1 Å². The van der Waals surface area contributed by atoms with Gasteiger partial charge in [0.1, 0.15) is 11.5 Å². The average Bonchev–Trinajstić information content (AvgIpc) is 3.05. The van der Waals surface area contributed by atoms with Crippen LogP contribution in [0, 0.1) is 5.92 Å². The molecule has 0 spiro atoms. The van der Waals surface area contributed by atoms with Crippen LogP contribution in [0.15, 0.2) is 48.5 Å². The zero-order valence-electron chi connectivity index (χ0n) is 15.6. The molecule has 6 heteroatoms. The number of hydrogen-bond donors (Lipinski definition) is 1. The van der Waals surface area contributed by atoms with Crippen LogP contribution in [0.4, 0.5) is 5.69 Å². The van der Waals surface area contributed by atoms with Gasteiger partial charge >= 0.3 is 0 Å². The fourth-order valence-electron chi connectivity index (χ4n) is 3.10. The highest BCUT2D eigenvalue weighted by molar-refractivity contribution is 5.97. The predicted molar refractivity (Wildman–Crippen MR) is 103 cm³/mol. The molecule has 0 aliphatic carbocycles. The van der Waals surface area contributed by atoms with Crippen molar-refractivity contribution in [2.24, 2.45) is 5.92 Å². The fourth-order valence-corrected chi connectivity index (χ4v) is 3.10. The topological polar surface area (TPSA) is 67.9 Å². The summed E-state index contributed by atoms with van der Waals surface area (Å²) in [6, 6.07) is 14.8. The molecule has 1 aliphatic rings. The minimum absolute atomic E-state index is 0.00217. The molecule has 27 heavy (non-hydrogen) atoms. The molecule has 2 aromatic carbocycles. The molecule has 1 saturated heterocycles. The van der Waals surface area contributed by atoms with E-state index in [9.17, 15) is 9.59 Å². The van der Waals surface area contributed by atoms with Crippen molar-refractivity contribution in [1.29, 1.82) is 0 Å². The molecule has 0 radical (unpaired) electrons. The van der Waals surface area contributed by atoms with Gasteiger partial charge in [0.2, 0.25) is 11.8 Å². The highest BCUT2D eigenvalue weighted by Gasteiger charge is 2.34. The second kappa shape index (κ2) is 8.58. The van der Waals surface area contributed by atoms with E-state index in [0.29, 0.717) is 25.4 Å². The Morgan fingerprint density at radius 2 is 1.78 bits per heavy atom. The number of nitrogens with zero attached hydrogens (tertiary/aromatic N) is 1. The van der Waals surface area contributed by atoms with Gasteiger partial charge in [-0.3, -0.25) is 9.59 Å². The number of likely N-dealkylation sites (tertiary alicyclic amines) is 1. The minimum atomic E-state index is -0.345. The van der Waals surface area contributed by atoms with Gasteiger partial charge in [0.25, 0.3) is 0 Å². The third-order valence-electron chi connectivity index (χ3n) is 4.55. The van der Waals surface area contributed by atoms with Crippen molar-refractivity contribution >= 4 is 17.5 Å². The first-order valence-electron chi connectivity index (χ1n) is 9.03. The van der Waals surface area contributed by atoms with Gasteiger partial charge in [0.05, 0.1) is 19.6 Å². The Hall–Kier alpha value is -3.02. The predicted octanol–water partition coefficient (Wildman–Crippen LogP) is 3.08. The van der Waals surface area contributed by atoms with Gasteiger partial charge in [-0.2, -0.15) is 0 Å². The lowest BCUT2D eigenvalue weighted by molar-refractivity contribution is -0.128. The second-order valence-corrected chi connectivity index (χ2v) is 6.47. The molecule has 6 nitrogen and oxygen atoms in total. The number of amides is 2. The third-order valence-corrected chi connectivity index (χ3v) is 4.55. The second-order valence-electron chi connectivity index (χ2n) is 6.47. The molecular formula is C21H24N2O4. The summed E-state index contributed by atoms with van der Waals surface area (Å²) >= 11 is 0. The average molecular weight is 368 g/mol. The molecule has 0 saturated carbocycles. The molecule has 1 aliphatic heterocycles. The SMILES string of the molecule is CCOc1ccc(NC(=O)[C@@H]2CC(=O)N(Cc3ccc(OC)cc3)C2)cc1. The van der Waals surface area contributed by atoms with Crippen LogP contribution >= 0.6 is 0 Å². The maximum absolute atomic E-state index is 12.5. The molecule has 2 aromatic rings. The smallest absolute Gasteiger partial charge is 0.229 e. The van der Waals surface area contributed by atoms with Crippen LogP contribution in [-0.2, 0) is 16.1 Å². The van der Waals surface area contributed by atoms with E-state index in [1.54, 1.807) is 24.1 Å². The van der Waals surface area contributed by atoms with Crippen LogP contribution in [0.3, 0.4) is 0 Å². The molecule has 2 amide bonds. The van der Waals surface area contributed by atoms with E-state index in [1.165, 1.54) is 0 Å². The van der Waals surface area contributed by atoms with Crippen LogP contribution in [0.25, 0.3) is 0 Å². The Labute approximate surface area is 159 Å². The molecule has 1 N–H and O–H groups in total. The first kappa shape index (κ1) is 18.8. The van der Waals surface area contributed by atoms with Crippen LogP contribution in [0.1, 0.15) is 18.9 Å². The van der Waals surface area contributed by atoms with Crippen LogP contribution in [0.2, 0.25) is 0 Å². The largest absolute Gasteiger partial charge is 0.497 e. The maximum Gasteiger partial charge on any atom is 0.229 e. The molecule has 0 aromatic heterocycles. The van der Waals surface area contributed by atoms with Crippen molar-refractivity contribution in [2.45, 2.75) is 19.9 Å². The van der Waals surface area contributed by atoms with Gasteiger partial charge in [-0.25, -0.2) is 0 Å². The Bertz CT molecular complexity index is 787. The quantitative estimate of drug-likeness (QED) is 0.816. The summed E-state index contributed by atoms with van der Waals surface area (Å²) in [6.07, 6.45) is 0.235. The number of carbonyl (C=O) groups is 2. The van der Waals surface area contributed by atoms with Gasteiger partial charge in [0, 0.05) is 25.2 Å². The minimum Gasteiger partial charge on any atom is -0.497 e. The number of rotatable bonds is 7. The van der Waals surface area contributed by atoms with Gasteiger partial charge in [-0.1, -0.05) is 12.1 Å². The summed E-state index contributed by atoms with van der Waals surface area (Å²) in [6.45, 7) is 3.44. The summed E-state index contributed by atoms with van der Waals surface area (Å²) in [5.41, 5.74) is 1.71. The van der Waals surface area contributed by atoms with E-state index < -0.39 is 0 Å². The number of ether oxygens (including phenoxy) is 2. The van der Waals surface area contributed by atoms with Gasteiger partial charge < -0.3 is 19.7 Å². The lowest BCUT2D eigenvalue weighted by Gasteiger charge is -2.17. The Kier molecular flexibility index (Phi) is 5.96. The number of nitrogens with one attached hydrogen (secondary N) is 1. The molecule has 1 heterocycles. The molecular weight excluding hydrogens is 344 g/mol. The zero-order chi connectivity index (χ0) is 19.2. The standard InChI is InChI=1S/C21H24N2O4/c1-3-27-19-10-6-17(7-11-19)22-21(25)16-12-20(24)23(14-16)13-15-4-8-18(26-2)9-5-15/h4-11,16H,3,12-14H2,1-2H3,(H,22,25)/t16-/m1/s1. The first-order valence-corrected chi connectivity index (χ1v) is 9.03. The summed E-state index contributed by atoms with van der Waals surface area (Å²) in [7, 11) is 1.62. The fraction of sp³-hybridized carbons (Fsp3) is 0.333. The van der Waals surface area contributed by atoms with Crippen molar-refractivity contribution in [3.05, 3.63) is 54.1 Å². The summed E-state index contributed by atoms with van der Waals surface area (Å²) in [5.74, 6) is 1.06. The van der Waals surface area contributed by atoms with Crippen molar-refractivity contribution in [3.63, 3.8) is 0 Å². The lowest BCUT2D eigenvalue weighted by Crippen LogP contribution is -2.28. The van der Waals surface area contributed by atoms with Crippen molar-refractivity contribution in [3.8, 4) is 11.5 Å². The van der Waals surface area contributed by atoms with Crippen LogP contribution < -0.4 is 14.8 Å². The monoisotopic (exact) mass is 368 g/mol. The highest BCUT2D eigenvalue weighted by Crippen LogP contribution is 2.23. The van der Waals surface area contributed by atoms with Crippen LogP contribution in [0.5, 0.6) is 11.5 Å². The number of hydrogen-bond acceptors (Lipinski definition) is 4. The Morgan fingerprint density at radius 1 is 1.11 bits per heavy atom. The third kappa shape index (κ3) is 4.78. The number of carbonyl (C=O) groups excluding carboxylic acids is 2. The number of methoxy groups -OCH3 is 1. The Balaban J connectivity index is 1.56. The first-order chi connectivity index (χ1) is 13.1. The maximum atomic E-state index is 12.5. The van der Waals surface area contributed by atoms with E-state index in [2.05, 4.69) is 5.32 Å². The van der Waals surface area contributed by atoms with E-state index in [-0.39, 0.29) is 24.2 Å². The van der Waals surface area contributed by atoms with Gasteiger partial charge in [-0.05, 0) is 48.9 Å². The molecule has 0 unspecified atom stereocenters. The summed E-state index contributed by atoms with van der Waals surface area (Å²) < 4.78 is 10.5. The van der Waals surface area contributed by atoms with Crippen LogP contribution in [-0.4, -0.2) is 37.0 Å². The molecule has 3 rings (SSSR count). The van der Waals surface area contributed by atoms with Crippen molar-refractivity contribution in [2.75, 3.05) is 25.6 Å². The molecule has 142 valence electrons. The van der Waals surface area contributed by atoms with Crippen molar-refractivity contribution < 1.29 is 19.1 Å². The van der Waals surface area contributed by atoms with Crippen molar-refractivity contribution in [1.82, 2.24) is 4.90 Å². The molecule has 1 fully saturated rings. The Morgan fingerprint density at radius 3 is 2.41 bits per heavy atom. The summed E-state index contributed by atoms with van der Waals surface area (Å²) in [5, 5.41) is 2.88. The summed E-state index contributed by atoms with van der Waals surface area (Å²) in [4.78, 5) is 26.5. The van der Waals surface area contributed by atoms with Gasteiger partial charge in [-0.15, -0.1) is 0 Å². The van der Waals surface area contributed by atoms with E-state index in [1.807, 2.05) is 43.3 Å². The normalized spacial score (nSPS) is 16.3. The lowest BCUT2D eigenvalue weighted by atomic mass is 10.1. The van der Waals surface area contributed by atoms with E-state index >= 15 is 0 Å². The van der Waals surface area contributed by atoms with Gasteiger partial charge in [0.15, 0.2) is 0 Å². The molecule has 0 bridgehead atoms. The molecule has 1 atom stereocenters.